The van der Waals surface area contributed by atoms with E-state index in [-0.39, 0.29) is 29.9 Å². The summed E-state index contributed by atoms with van der Waals surface area (Å²) in [6, 6.07) is 4.65. The van der Waals surface area contributed by atoms with Crippen LogP contribution in [-0.4, -0.2) is 10.2 Å². The normalized spacial score (nSPS) is 12.3. The summed E-state index contributed by atoms with van der Waals surface area (Å²) in [7, 11) is 0. The molecule has 0 aliphatic rings. The predicted molar refractivity (Wildman–Crippen MR) is 63.4 cm³/mol. The number of rotatable bonds is 3. The quantitative estimate of drug-likeness (QED) is 0.701. The van der Waals surface area contributed by atoms with Crippen molar-refractivity contribution in [2.24, 2.45) is 11.7 Å². The lowest BCUT2D eigenvalue weighted by Gasteiger charge is -2.16. The molecule has 0 saturated heterocycles. The largest absolute Gasteiger partial charge is 0.504 e. The van der Waals surface area contributed by atoms with Crippen LogP contribution in [0.15, 0.2) is 18.2 Å². The highest BCUT2D eigenvalue weighted by Crippen LogP contribution is 2.33. The van der Waals surface area contributed by atoms with Crippen molar-refractivity contribution in [3.05, 3.63) is 23.8 Å². The van der Waals surface area contributed by atoms with Gasteiger partial charge in [0, 0.05) is 11.6 Å². The molecule has 1 aromatic rings. The van der Waals surface area contributed by atoms with Gasteiger partial charge in [-0.1, -0.05) is 26.0 Å². The molecular weight excluding hydrogens is 214 g/mol. The maximum Gasteiger partial charge on any atom is 0.162 e. The van der Waals surface area contributed by atoms with Gasteiger partial charge in [0.25, 0.3) is 0 Å². The van der Waals surface area contributed by atoms with Gasteiger partial charge in [-0.25, -0.2) is 0 Å². The van der Waals surface area contributed by atoms with Crippen molar-refractivity contribution in [2.45, 2.75) is 26.3 Å². The first-order valence-electron chi connectivity index (χ1n) is 4.78. The van der Waals surface area contributed by atoms with Crippen molar-refractivity contribution >= 4 is 12.4 Å². The molecule has 86 valence electrons. The number of hydrogen-bond acceptors (Lipinski definition) is 3. The van der Waals surface area contributed by atoms with E-state index in [0.29, 0.717) is 11.5 Å². The third-order valence-corrected chi connectivity index (χ3v) is 2.17. The number of para-hydroxylation sites is 1. The van der Waals surface area contributed by atoms with Gasteiger partial charge in [0.15, 0.2) is 11.5 Å². The fraction of sp³-hybridized carbons (Fsp3) is 0.455. The van der Waals surface area contributed by atoms with Gasteiger partial charge >= 0.3 is 0 Å². The summed E-state index contributed by atoms with van der Waals surface area (Å²) in [6.07, 6.45) is 0.789. The first-order chi connectivity index (χ1) is 6.52. The van der Waals surface area contributed by atoms with Crippen molar-refractivity contribution in [1.29, 1.82) is 0 Å². The Morgan fingerprint density at radius 2 is 1.87 bits per heavy atom. The number of halogens is 1. The van der Waals surface area contributed by atoms with Crippen molar-refractivity contribution in [3.63, 3.8) is 0 Å². The van der Waals surface area contributed by atoms with E-state index in [2.05, 4.69) is 13.8 Å². The molecule has 1 rings (SSSR count). The average Bonchev–Trinajstić information content (AvgIpc) is 2.08. The van der Waals surface area contributed by atoms with E-state index >= 15 is 0 Å². The Morgan fingerprint density at radius 1 is 1.27 bits per heavy atom. The standard InChI is InChI=1S/C11H17NO2.ClH/c1-7(2)6-9(12)8-4-3-5-10(13)11(8)14;/h3-5,7,9,13-14H,6,12H2,1-2H3;1H/t9-;/m1./s1. The summed E-state index contributed by atoms with van der Waals surface area (Å²) < 4.78 is 0. The van der Waals surface area contributed by atoms with Gasteiger partial charge in [0.1, 0.15) is 0 Å². The van der Waals surface area contributed by atoms with E-state index in [1.165, 1.54) is 6.07 Å². The Hall–Kier alpha value is -0.930. The fourth-order valence-corrected chi connectivity index (χ4v) is 1.48. The zero-order chi connectivity index (χ0) is 10.7. The molecule has 0 aromatic heterocycles. The SMILES string of the molecule is CC(C)C[C@@H](N)c1cccc(O)c1O.Cl. The van der Waals surface area contributed by atoms with Crippen LogP contribution in [0.1, 0.15) is 31.9 Å². The number of hydrogen-bond donors (Lipinski definition) is 3. The molecule has 3 nitrogen and oxygen atoms in total. The maximum atomic E-state index is 9.55. The minimum absolute atomic E-state index is 0. The van der Waals surface area contributed by atoms with Crippen molar-refractivity contribution in [2.75, 3.05) is 0 Å². The van der Waals surface area contributed by atoms with Crippen LogP contribution in [0.3, 0.4) is 0 Å². The summed E-state index contributed by atoms with van der Waals surface area (Å²) in [5, 5.41) is 18.8. The maximum absolute atomic E-state index is 9.55. The molecule has 0 fully saturated rings. The number of nitrogens with two attached hydrogens (primary N) is 1. The molecule has 0 aliphatic carbocycles. The van der Waals surface area contributed by atoms with Crippen molar-refractivity contribution < 1.29 is 10.2 Å². The molecule has 4 N–H and O–H groups in total. The lowest BCUT2D eigenvalue weighted by molar-refractivity contribution is 0.391. The molecule has 15 heavy (non-hydrogen) atoms. The van der Waals surface area contributed by atoms with E-state index in [4.69, 9.17) is 5.73 Å². The molecule has 1 atom stereocenters. The summed E-state index contributed by atoms with van der Waals surface area (Å²) in [5.41, 5.74) is 6.50. The number of phenols is 2. The van der Waals surface area contributed by atoms with E-state index in [1.54, 1.807) is 12.1 Å². The molecule has 4 heteroatoms. The minimum Gasteiger partial charge on any atom is -0.504 e. The molecule has 0 amide bonds. The molecule has 0 heterocycles. The van der Waals surface area contributed by atoms with Crippen molar-refractivity contribution in [1.82, 2.24) is 0 Å². The summed E-state index contributed by atoms with van der Waals surface area (Å²) >= 11 is 0. The molecule has 0 bridgehead atoms. The molecule has 1 aromatic carbocycles. The first-order valence-corrected chi connectivity index (χ1v) is 4.78. The second-order valence-electron chi connectivity index (χ2n) is 3.95. The van der Waals surface area contributed by atoms with Crippen LogP contribution < -0.4 is 5.73 Å². The zero-order valence-electron chi connectivity index (χ0n) is 8.97. The second-order valence-corrected chi connectivity index (χ2v) is 3.95. The Morgan fingerprint density at radius 3 is 2.40 bits per heavy atom. The van der Waals surface area contributed by atoms with E-state index in [0.717, 1.165) is 6.42 Å². The van der Waals surface area contributed by atoms with E-state index in [1.807, 2.05) is 0 Å². The summed E-state index contributed by atoms with van der Waals surface area (Å²) in [5.74, 6) is 0.258. The fourth-order valence-electron chi connectivity index (χ4n) is 1.48. The van der Waals surface area contributed by atoms with Gasteiger partial charge in [-0.2, -0.15) is 0 Å². The van der Waals surface area contributed by atoms with Gasteiger partial charge in [-0.15, -0.1) is 12.4 Å². The first kappa shape index (κ1) is 14.1. The van der Waals surface area contributed by atoms with E-state index in [9.17, 15) is 10.2 Å². The van der Waals surface area contributed by atoms with Crippen LogP contribution in [0.5, 0.6) is 11.5 Å². The highest BCUT2D eigenvalue weighted by Gasteiger charge is 2.14. The molecule has 0 radical (unpaired) electrons. The molecular formula is C11H18ClNO2. The van der Waals surface area contributed by atoms with Crippen LogP contribution >= 0.6 is 12.4 Å². The molecule has 0 spiro atoms. The van der Waals surface area contributed by atoms with E-state index < -0.39 is 0 Å². The van der Waals surface area contributed by atoms with Crippen LogP contribution in [0.4, 0.5) is 0 Å². The monoisotopic (exact) mass is 231 g/mol. The third-order valence-electron chi connectivity index (χ3n) is 2.17. The van der Waals surface area contributed by atoms with Crippen LogP contribution in [0.2, 0.25) is 0 Å². The molecule has 0 saturated carbocycles. The second kappa shape index (κ2) is 5.83. The lowest BCUT2D eigenvalue weighted by atomic mass is 9.97. The Bertz CT molecular complexity index is 315. The number of phenolic OH excluding ortho intramolecular Hbond substituents is 2. The van der Waals surface area contributed by atoms with Crippen molar-refractivity contribution in [3.8, 4) is 11.5 Å². The highest BCUT2D eigenvalue weighted by atomic mass is 35.5. The van der Waals surface area contributed by atoms with Crippen LogP contribution in [-0.2, 0) is 0 Å². The summed E-state index contributed by atoms with van der Waals surface area (Å²) in [4.78, 5) is 0. The molecule has 0 unspecified atom stereocenters. The van der Waals surface area contributed by atoms with Gasteiger partial charge in [0.05, 0.1) is 0 Å². The minimum atomic E-state index is -0.220. The van der Waals surface area contributed by atoms with Gasteiger partial charge < -0.3 is 15.9 Å². The Kier molecular flexibility index (Phi) is 5.47. The predicted octanol–water partition coefficient (Wildman–Crippen LogP) is 2.57. The number of benzene rings is 1. The van der Waals surface area contributed by atoms with Crippen LogP contribution in [0.25, 0.3) is 0 Å². The number of aromatic hydroxyl groups is 2. The lowest BCUT2D eigenvalue weighted by Crippen LogP contribution is -2.12. The van der Waals surface area contributed by atoms with Gasteiger partial charge in [-0.05, 0) is 18.4 Å². The van der Waals surface area contributed by atoms with Crippen LogP contribution in [0, 0.1) is 5.92 Å². The topological polar surface area (TPSA) is 66.5 Å². The van der Waals surface area contributed by atoms with Gasteiger partial charge in [0.2, 0.25) is 0 Å². The third kappa shape index (κ3) is 3.61. The molecule has 0 aliphatic heterocycles. The average molecular weight is 232 g/mol. The zero-order valence-corrected chi connectivity index (χ0v) is 9.79. The Labute approximate surface area is 96.3 Å². The smallest absolute Gasteiger partial charge is 0.162 e. The highest BCUT2D eigenvalue weighted by molar-refractivity contribution is 5.85. The Balaban J connectivity index is 0.00000196. The summed E-state index contributed by atoms with van der Waals surface area (Å²) in [6.45, 7) is 4.14. The van der Waals surface area contributed by atoms with Gasteiger partial charge in [-0.3, -0.25) is 0 Å².